The second kappa shape index (κ2) is 8.09. The molecular weight excluding hydrogens is 264 g/mol. The van der Waals surface area contributed by atoms with Crippen molar-refractivity contribution in [3.63, 3.8) is 0 Å². The van der Waals surface area contributed by atoms with Crippen molar-refractivity contribution in [1.82, 2.24) is 5.32 Å². The number of carboxylic acid groups (broad SMARTS) is 1. The standard InChI is InChI=1S/C13H24N2O3S/c1-5-6-8(11(14)16)10(13(17)18)9(7(2)3)12(19)15-4/h7-10H,5-6H2,1-4H3,(H2,14,16)(H,15,19)(H,17,18). The van der Waals surface area contributed by atoms with Crippen LogP contribution in [0.1, 0.15) is 33.6 Å². The van der Waals surface area contributed by atoms with Gasteiger partial charge in [-0.25, -0.2) is 0 Å². The zero-order valence-electron chi connectivity index (χ0n) is 12.0. The van der Waals surface area contributed by atoms with E-state index < -0.39 is 29.6 Å². The highest BCUT2D eigenvalue weighted by molar-refractivity contribution is 7.80. The maximum Gasteiger partial charge on any atom is 0.308 e. The molecule has 0 bridgehead atoms. The van der Waals surface area contributed by atoms with Crippen LogP contribution >= 0.6 is 12.2 Å². The lowest BCUT2D eigenvalue weighted by molar-refractivity contribution is -0.149. The number of nitrogens with two attached hydrogens (primary N) is 1. The molecule has 0 aromatic rings. The summed E-state index contributed by atoms with van der Waals surface area (Å²) >= 11 is 5.21. The van der Waals surface area contributed by atoms with Crippen molar-refractivity contribution >= 4 is 29.1 Å². The molecule has 0 fully saturated rings. The van der Waals surface area contributed by atoms with Crippen LogP contribution in [0, 0.1) is 23.7 Å². The van der Waals surface area contributed by atoms with Crippen molar-refractivity contribution in [2.24, 2.45) is 29.4 Å². The summed E-state index contributed by atoms with van der Waals surface area (Å²) in [6, 6.07) is 0. The number of thiocarbonyl (C=S) groups is 1. The Bertz CT molecular complexity index is 345. The van der Waals surface area contributed by atoms with Gasteiger partial charge in [-0.3, -0.25) is 9.59 Å². The van der Waals surface area contributed by atoms with Gasteiger partial charge in [0.15, 0.2) is 0 Å². The van der Waals surface area contributed by atoms with E-state index in [4.69, 9.17) is 18.0 Å². The SMILES string of the molecule is CCCC(C(N)=O)C(C(=O)O)C(C(=S)NC)C(C)C. The molecule has 0 aliphatic heterocycles. The minimum atomic E-state index is -1.02. The molecule has 0 aromatic carbocycles. The fourth-order valence-corrected chi connectivity index (χ4v) is 2.85. The molecule has 6 heteroatoms. The zero-order chi connectivity index (χ0) is 15.2. The summed E-state index contributed by atoms with van der Waals surface area (Å²) in [5, 5.41) is 12.3. The van der Waals surface area contributed by atoms with Crippen molar-refractivity contribution in [1.29, 1.82) is 0 Å². The lowest BCUT2D eigenvalue weighted by atomic mass is 9.74. The predicted molar refractivity (Wildman–Crippen MR) is 78.7 cm³/mol. The summed E-state index contributed by atoms with van der Waals surface area (Å²) < 4.78 is 0. The number of amides is 1. The van der Waals surface area contributed by atoms with Gasteiger partial charge in [0.25, 0.3) is 0 Å². The highest BCUT2D eigenvalue weighted by Crippen LogP contribution is 2.31. The fraction of sp³-hybridized carbons (Fsp3) is 0.769. The van der Waals surface area contributed by atoms with Crippen LogP contribution in [0.5, 0.6) is 0 Å². The molecule has 4 N–H and O–H groups in total. The first-order chi connectivity index (χ1) is 8.77. The molecule has 0 radical (unpaired) electrons. The molecule has 1 amide bonds. The van der Waals surface area contributed by atoms with E-state index in [1.54, 1.807) is 7.05 Å². The first-order valence-electron chi connectivity index (χ1n) is 6.51. The third-order valence-electron chi connectivity index (χ3n) is 3.34. The number of hydrogen-bond acceptors (Lipinski definition) is 3. The minimum Gasteiger partial charge on any atom is -0.481 e. The van der Waals surface area contributed by atoms with Gasteiger partial charge >= 0.3 is 5.97 Å². The van der Waals surface area contributed by atoms with Gasteiger partial charge in [0.05, 0.1) is 16.8 Å². The Hall–Kier alpha value is -1.17. The maximum absolute atomic E-state index is 11.6. The summed E-state index contributed by atoms with van der Waals surface area (Å²) in [5.41, 5.74) is 5.38. The highest BCUT2D eigenvalue weighted by Gasteiger charge is 2.41. The molecule has 3 atom stereocenters. The van der Waals surface area contributed by atoms with Crippen molar-refractivity contribution in [2.75, 3.05) is 7.05 Å². The van der Waals surface area contributed by atoms with E-state index in [-0.39, 0.29) is 5.92 Å². The molecule has 0 saturated heterocycles. The van der Waals surface area contributed by atoms with E-state index in [2.05, 4.69) is 5.32 Å². The molecular formula is C13H24N2O3S. The van der Waals surface area contributed by atoms with Crippen LogP contribution in [0.15, 0.2) is 0 Å². The number of hydrogen-bond donors (Lipinski definition) is 3. The first-order valence-corrected chi connectivity index (χ1v) is 6.92. The minimum absolute atomic E-state index is 0.0137. The molecule has 0 aliphatic rings. The Morgan fingerprint density at radius 1 is 1.32 bits per heavy atom. The summed E-state index contributed by atoms with van der Waals surface area (Å²) in [6.07, 6.45) is 1.16. The summed E-state index contributed by atoms with van der Waals surface area (Å²) in [7, 11) is 1.66. The predicted octanol–water partition coefficient (Wildman–Crippen LogP) is 1.41. The number of carbonyl (C=O) groups is 2. The molecule has 5 nitrogen and oxygen atoms in total. The highest BCUT2D eigenvalue weighted by atomic mass is 32.1. The fourth-order valence-electron chi connectivity index (χ4n) is 2.43. The van der Waals surface area contributed by atoms with E-state index in [1.165, 1.54) is 0 Å². The van der Waals surface area contributed by atoms with E-state index in [9.17, 15) is 14.7 Å². The Morgan fingerprint density at radius 2 is 1.84 bits per heavy atom. The topological polar surface area (TPSA) is 92.4 Å². The molecule has 19 heavy (non-hydrogen) atoms. The Balaban J connectivity index is 5.51. The second-order valence-corrected chi connectivity index (χ2v) is 5.49. The van der Waals surface area contributed by atoms with Gasteiger partial charge in [-0.05, 0) is 12.3 Å². The van der Waals surface area contributed by atoms with Crippen molar-refractivity contribution in [2.45, 2.75) is 33.6 Å². The molecule has 0 rings (SSSR count). The van der Waals surface area contributed by atoms with Crippen LogP contribution < -0.4 is 11.1 Å². The average molecular weight is 288 g/mol. The van der Waals surface area contributed by atoms with Crippen LogP contribution in [0.2, 0.25) is 0 Å². The molecule has 0 spiro atoms. The van der Waals surface area contributed by atoms with Gasteiger partial charge in [0, 0.05) is 13.0 Å². The van der Waals surface area contributed by atoms with Crippen LogP contribution in [-0.4, -0.2) is 29.0 Å². The van der Waals surface area contributed by atoms with Gasteiger partial charge in [-0.15, -0.1) is 0 Å². The van der Waals surface area contributed by atoms with Crippen LogP contribution in [0.3, 0.4) is 0 Å². The smallest absolute Gasteiger partial charge is 0.308 e. The molecule has 110 valence electrons. The van der Waals surface area contributed by atoms with E-state index in [0.717, 1.165) is 0 Å². The van der Waals surface area contributed by atoms with Crippen LogP contribution in [0.25, 0.3) is 0 Å². The first kappa shape index (κ1) is 17.8. The Kier molecular flexibility index (Phi) is 7.59. The third-order valence-corrected chi connectivity index (χ3v) is 3.81. The number of primary amides is 1. The number of aliphatic carboxylic acids is 1. The monoisotopic (exact) mass is 288 g/mol. The quantitative estimate of drug-likeness (QED) is 0.587. The van der Waals surface area contributed by atoms with E-state index >= 15 is 0 Å². The molecule has 0 saturated carbocycles. The van der Waals surface area contributed by atoms with Crippen molar-refractivity contribution < 1.29 is 14.7 Å². The summed E-state index contributed by atoms with van der Waals surface area (Å²) in [6.45, 7) is 5.69. The van der Waals surface area contributed by atoms with Crippen molar-refractivity contribution in [3.05, 3.63) is 0 Å². The number of carbonyl (C=O) groups excluding carboxylic acids is 1. The third kappa shape index (κ3) is 4.78. The summed E-state index contributed by atoms with van der Waals surface area (Å²) in [5.74, 6) is -3.55. The zero-order valence-corrected chi connectivity index (χ0v) is 12.8. The average Bonchev–Trinajstić information content (AvgIpc) is 2.31. The van der Waals surface area contributed by atoms with Gasteiger partial charge in [-0.2, -0.15) is 0 Å². The second-order valence-electron chi connectivity index (χ2n) is 5.05. The van der Waals surface area contributed by atoms with Gasteiger partial charge in [-0.1, -0.05) is 39.4 Å². The molecule has 0 aromatic heterocycles. The Labute approximate surface area is 119 Å². The van der Waals surface area contributed by atoms with Gasteiger partial charge in [0.2, 0.25) is 5.91 Å². The largest absolute Gasteiger partial charge is 0.481 e. The number of rotatable bonds is 8. The molecule has 3 unspecified atom stereocenters. The van der Waals surface area contributed by atoms with Crippen molar-refractivity contribution in [3.8, 4) is 0 Å². The Morgan fingerprint density at radius 3 is 2.11 bits per heavy atom. The van der Waals surface area contributed by atoms with Gasteiger partial charge in [0.1, 0.15) is 0 Å². The molecule has 0 aliphatic carbocycles. The van der Waals surface area contributed by atoms with Crippen LogP contribution in [-0.2, 0) is 9.59 Å². The number of nitrogens with one attached hydrogen (secondary N) is 1. The van der Waals surface area contributed by atoms with E-state index in [0.29, 0.717) is 17.8 Å². The van der Waals surface area contributed by atoms with Gasteiger partial charge < -0.3 is 16.2 Å². The summed E-state index contributed by atoms with van der Waals surface area (Å²) in [4.78, 5) is 23.6. The normalized spacial score (nSPS) is 15.6. The lowest BCUT2D eigenvalue weighted by Crippen LogP contribution is -2.45. The van der Waals surface area contributed by atoms with E-state index in [1.807, 2.05) is 20.8 Å². The lowest BCUT2D eigenvalue weighted by Gasteiger charge is -2.32. The molecule has 0 heterocycles. The maximum atomic E-state index is 11.6. The number of carboxylic acids is 1. The van der Waals surface area contributed by atoms with Crippen LogP contribution in [0.4, 0.5) is 0 Å².